The van der Waals surface area contributed by atoms with Gasteiger partial charge in [0.05, 0.1) is 0 Å². The molecule has 1 heterocycles. The molecule has 0 saturated heterocycles. The van der Waals surface area contributed by atoms with E-state index in [4.69, 9.17) is 9.47 Å². The Morgan fingerprint density at radius 3 is 2.36 bits per heavy atom. The highest BCUT2D eigenvalue weighted by Gasteiger charge is 2.36. The van der Waals surface area contributed by atoms with Crippen molar-refractivity contribution in [3.63, 3.8) is 0 Å². The first-order chi connectivity index (χ1) is 12.9. The third-order valence-corrected chi connectivity index (χ3v) is 3.45. The quantitative estimate of drug-likeness (QED) is 0.587. The fraction of sp³-hybridized carbons (Fsp3) is 0.368. The normalized spacial score (nSPS) is 11.8. The Bertz CT molecular complexity index is 815. The van der Waals surface area contributed by atoms with Crippen LogP contribution in [0.4, 0.5) is 18.0 Å². The van der Waals surface area contributed by atoms with Crippen molar-refractivity contribution in [1.82, 2.24) is 5.32 Å². The van der Waals surface area contributed by atoms with Gasteiger partial charge in [-0.05, 0) is 44.9 Å². The van der Waals surface area contributed by atoms with Gasteiger partial charge in [0.2, 0.25) is 11.9 Å². The molecule has 0 unspecified atom stereocenters. The highest BCUT2D eigenvalue weighted by molar-refractivity contribution is 5.67. The van der Waals surface area contributed by atoms with Crippen molar-refractivity contribution in [3.05, 3.63) is 53.9 Å². The monoisotopic (exact) mass is 399 g/mol. The number of hydrogen-bond donors (Lipinski definition) is 2. The van der Waals surface area contributed by atoms with E-state index in [0.29, 0.717) is 17.7 Å². The van der Waals surface area contributed by atoms with Crippen LogP contribution in [0.3, 0.4) is 0 Å². The molecule has 2 aromatic rings. The molecule has 1 amide bonds. The number of ether oxygens (including phenoxy) is 2. The Balaban J connectivity index is 1.97. The lowest BCUT2D eigenvalue weighted by molar-refractivity contribution is -0.905. The first-order valence-corrected chi connectivity index (χ1v) is 8.49. The number of carbonyl (C=O) groups is 1. The number of rotatable bonds is 5. The van der Waals surface area contributed by atoms with Gasteiger partial charge in [0.1, 0.15) is 16.9 Å². The van der Waals surface area contributed by atoms with Gasteiger partial charge in [-0.25, -0.2) is 4.79 Å². The molecule has 0 aliphatic rings. The van der Waals surface area contributed by atoms with Crippen LogP contribution in [0.1, 0.15) is 31.9 Å². The van der Waals surface area contributed by atoms with Gasteiger partial charge < -0.3 is 14.8 Å². The lowest BCUT2D eigenvalue weighted by Gasteiger charge is -2.19. The van der Waals surface area contributed by atoms with E-state index in [0.717, 1.165) is 24.0 Å². The number of pyridine rings is 1. The highest BCUT2D eigenvalue weighted by atomic mass is 19.4. The summed E-state index contributed by atoms with van der Waals surface area (Å²) in [4.78, 5) is 11.6. The van der Waals surface area contributed by atoms with Gasteiger partial charge in [-0.3, -0.25) is 5.21 Å². The van der Waals surface area contributed by atoms with E-state index < -0.39 is 29.2 Å². The molecule has 0 aliphatic carbocycles. The number of halogens is 3. The molecule has 6 nitrogen and oxygen atoms in total. The maximum absolute atomic E-state index is 13.0. The molecule has 0 atom stereocenters. The Hall–Kier alpha value is -2.97. The molecule has 28 heavy (non-hydrogen) atoms. The molecule has 2 rings (SSSR count). The summed E-state index contributed by atoms with van der Waals surface area (Å²) in [7, 11) is 0. The number of amides is 1. The second kappa shape index (κ2) is 8.37. The summed E-state index contributed by atoms with van der Waals surface area (Å²) in [5.41, 5.74) is -0.726. The molecule has 152 valence electrons. The van der Waals surface area contributed by atoms with Crippen LogP contribution in [0.15, 0.2) is 42.7 Å². The smallest absolute Gasteiger partial charge is 0.420 e. The zero-order valence-electron chi connectivity index (χ0n) is 15.7. The Labute approximate surface area is 160 Å². The SMILES string of the molecule is CC(C)(C)OC(=O)NCCc1ccc(Oc2c[n+](O)ccc2C(F)(F)F)cc1. The second-order valence-electron chi connectivity index (χ2n) is 7.03. The molecule has 0 saturated carbocycles. The number of alkyl carbamates (subject to hydrolysis) is 1. The second-order valence-corrected chi connectivity index (χ2v) is 7.03. The minimum atomic E-state index is -4.61. The molecular weight excluding hydrogens is 377 g/mol. The summed E-state index contributed by atoms with van der Waals surface area (Å²) in [6.07, 6.45) is -2.92. The number of hydrogen-bond acceptors (Lipinski definition) is 4. The van der Waals surface area contributed by atoms with E-state index >= 15 is 0 Å². The number of aromatic nitrogens is 1. The first kappa shape index (κ1) is 21.3. The molecular formula is C19H22F3N2O4+. The minimum absolute atomic E-state index is 0.181. The maximum Gasteiger partial charge on any atom is 0.420 e. The summed E-state index contributed by atoms with van der Waals surface area (Å²) >= 11 is 0. The van der Waals surface area contributed by atoms with E-state index in [9.17, 15) is 23.2 Å². The van der Waals surface area contributed by atoms with E-state index in [1.165, 1.54) is 12.1 Å². The standard InChI is InChI=1S/C19H21F3N2O4/c1-18(2,3)28-17(25)23-10-8-13-4-6-14(7-5-13)27-16-12-24(26)11-9-15(16)19(20,21)22/h4-7,9,11-12H,8,10H2,1-3H3,(H-,23,25,26)/p+1. The molecule has 0 aliphatic heterocycles. The predicted molar refractivity (Wildman–Crippen MR) is 93.3 cm³/mol. The van der Waals surface area contributed by atoms with Crippen LogP contribution in [-0.4, -0.2) is 23.4 Å². The molecule has 0 spiro atoms. The fourth-order valence-corrected chi connectivity index (χ4v) is 2.26. The first-order valence-electron chi connectivity index (χ1n) is 8.49. The van der Waals surface area contributed by atoms with Crippen molar-refractivity contribution in [2.45, 2.75) is 39.0 Å². The van der Waals surface area contributed by atoms with Gasteiger partial charge in [0.15, 0.2) is 0 Å². The summed E-state index contributed by atoms with van der Waals surface area (Å²) in [6, 6.07) is 7.10. The van der Waals surface area contributed by atoms with Crippen molar-refractivity contribution in [2.75, 3.05) is 6.54 Å². The number of alkyl halides is 3. The zero-order chi connectivity index (χ0) is 20.9. The van der Waals surface area contributed by atoms with Crippen molar-refractivity contribution in [2.24, 2.45) is 0 Å². The zero-order valence-corrected chi connectivity index (χ0v) is 15.7. The fourth-order valence-electron chi connectivity index (χ4n) is 2.26. The Morgan fingerprint density at radius 2 is 1.79 bits per heavy atom. The van der Waals surface area contributed by atoms with Crippen LogP contribution in [0, 0.1) is 0 Å². The largest absolute Gasteiger partial charge is 0.450 e. The molecule has 1 aromatic carbocycles. The number of benzene rings is 1. The van der Waals surface area contributed by atoms with E-state index in [-0.39, 0.29) is 5.75 Å². The third-order valence-electron chi connectivity index (χ3n) is 3.45. The van der Waals surface area contributed by atoms with E-state index in [2.05, 4.69) is 5.32 Å². The summed E-state index contributed by atoms with van der Waals surface area (Å²) in [6.45, 7) is 5.64. The average molecular weight is 399 g/mol. The third kappa shape index (κ3) is 6.64. The summed E-state index contributed by atoms with van der Waals surface area (Å²) < 4.78 is 50.0. The number of nitrogens with one attached hydrogen (secondary N) is 1. The van der Waals surface area contributed by atoms with Gasteiger partial charge in [0, 0.05) is 17.3 Å². The number of carbonyl (C=O) groups excluding carboxylic acids is 1. The van der Waals surface area contributed by atoms with Crippen molar-refractivity contribution < 1.29 is 37.4 Å². The van der Waals surface area contributed by atoms with Crippen molar-refractivity contribution >= 4 is 6.09 Å². The van der Waals surface area contributed by atoms with E-state index in [1.807, 2.05) is 0 Å². The highest BCUT2D eigenvalue weighted by Crippen LogP contribution is 2.37. The minimum Gasteiger partial charge on any atom is -0.450 e. The van der Waals surface area contributed by atoms with Crippen LogP contribution in [0.2, 0.25) is 0 Å². The van der Waals surface area contributed by atoms with Crippen LogP contribution in [0.25, 0.3) is 0 Å². The van der Waals surface area contributed by atoms with Gasteiger partial charge in [-0.1, -0.05) is 12.1 Å². The van der Waals surface area contributed by atoms with Crippen LogP contribution >= 0.6 is 0 Å². The average Bonchev–Trinajstić information content (AvgIpc) is 2.53. The van der Waals surface area contributed by atoms with Gasteiger partial charge in [-0.15, -0.1) is 0 Å². The summed E-state index contributed by atoms with van der Waals surface area (Å²) in [5, 5.41) is 12.0. The predicted octanol–water partition coefficient (Wildman–Crippen LogP) is 4.09. The van der Waals surface area contributed by atoms with Gasteiger partial charge in [0.25, 0.3) is 6.20 Å². The lowest BCUT2D eigenvalue weighted by atomic mass is 10.1. The van der Waals surface area contributed by atoms with Crippen LogP contribution < -0.4 is 14.8 Å². The lowest BCUT2D eigenvalue weighted by Crippen LogP contribution is -2.33. The van der Waals surface area contributed by atoms with Gasteiger partial charge in [-0.2, -0.15) is 13.2 Å². The van der Waals surface area contributed by atoms with Crippen molar-refractivity contribution in [1.29, 1.82) is 0 Å². The van der Waals surface area contributed by atoms with Gasteiger partial charge >= 0.3 is 12.3 Å². The van der Waals surface area contributed by atoms with E-state index in [1.54, 1.807) is 32.9 Å². The molecule has 2 N–H and O–H groups in total. The van der Waals surface area contributed by atoms with Crippen LogP contribution in [-0.2, 0) is 17.3 Å². The molecule has 0 bridgehead atoms. The topological polar surface area (TPSA) is 71.7 Å². The Morgan fingerprint density at radius 1 is 1.14 bits per heavy atom. The number of nitrogens with zero attached hydrogens (tertiary/aromatic N) is 1. The molecule has 9 heteroatoms. The van der Waals surface area contributed by atoms with Crippen molar-refractivity contribution in [3.8, 4) is 11.5 Å². The molecule has 1 aromatic heterocycles. The summed E-state index contributed by atoms with van der Waals surface area (Å²) in [5.74, 6) is -0.336. The van der Waals surface area contributed by atoms with Crippen LogP contribution in [0.5, 0.6) is 11.5 Å². The molecule has 0 radical (unpaired) electrons. The maximum atomic E-state index is 13.0. The Kier molecular flexibility index (Phi) is 6.37. The molecule has 0 fully saturated rings.